The molecule has 0 bridgehead atoms. The molecule has 5 N–H and O–H groups in total. The number of amides is 1. The van der Waals surface area contributed by atoms with Crippen LogP contribution in [0.4, 0.5) is 17.1 Å². The Morgan fingerprint density at radius 1 is 0.867 bits per heavy atom. The molecule has 1 amide bonds. The highest BCUT2D eigenvalue weighted by atomic mass is 32.2. The molecule has 0 unspecified atom stereocenters. The van der Waals surface area contributed by atoms with Crippen LogP contribution < -0.4 is 26.0 Å². The number of unbranched alkanes of at least 4 members (excludes halogenated alkanes) is 1. The lowest BCUT2D eigenvalue weighted by Gasteiger charge is -2.11. The Labute approximate surface area is 272 Å². The normalized spacial score (nSPS) is 11.7. The summed E-state index contributed by atoms with van der Waals surface area (Å²) >= 11 is 2.77. The summed E-state index contributed by atoms with van der Waals surface area (Å²) in [6, 6.07) is 13.9. The van der Waals surface area contributed by atoms with Crippen LogP contribution in [-0.4, -0.2) is 71.1 Å². The van der Waals surface area contributed by atoms with Gasteiger partial charge >= 0.3 is 0 Å². The van der Waals surface area contributed by atoms with Crippen LogP contribution in [-0.2, 0) is 16.4 Å². The molecule has 0 atom stereocenters. The number of nitrogens with zero attached hydrogens (tertiary/aromatic N) is 5. The molecule has 0 saturated carbocycles. The summed E-state index contributed by atoms with van der Waals surface area (Å²) in [7, 11) is 0.222. The van der Waals surface area contributed by atoms with E-state index in [1.54, 1.807) is 17.5 Å². The molecule has 2 aromatic heterocycles. The minimum absolute atomic E-state index is 0.143. The number of azo groups is 1. The monoisotopic (exact) mass is 669 g/mol. The van der Waals surface area contributed by atoms with Crippen molar-refractivity contribution in [2.45, 2.75) is 30.6 Å². The number of thiazole rings is 2. The Morgan fingerprint density at radius 3 is 2.24 bits per heavy atom. The van der Waals surface area contributed by atoms with Crippen molar-refractivity contribution in [1.82, 2.24) is 25.3 Å². The fourth-order valence-corrected chi connectivity index (χ4v) is 6.69. The van der Waals surface area contributed by atoms with Crippen molar-refractivity contribution < 1.29 is 13.2 Å². The topological polar surface area (TPSA) is 167 Å². The maximum Gasteiger partial charge on any atom is 0.270 e. The summed E-state index contributed by atoms with van der Waals surface area (Å²) in [6.45, 7) is 3.22. The first-order valence-electron chi connectivity index (χ1n) is 14.6. The molecule has 0 spiro atoms. The molecular weight excluding hydrogens is 631 g/mol. The molecule has 0 saturated heterocycles. The molecule has 0 aliphatic carbocycles. The van der Waals surface area contributed by atoms with Gasteiger partial charge in [0.1, 0.15) is 16.4 Å². The van der Waals surface area contributed by atoms with E-state index in [9.17, 15) is 13.2 Å². The Morgan fingerprint density at radius 2 is 1.56 bits per heavy atom. The first kappa shape index (κ1) is 34.3. The number of benzene rings is 2. The number of sulfonamides is 1. The lowest BCUT2D eigenvalue weighted by molar-refractivity contribution is 0.0949. The molecular formula is C30H39N9O3S3. The van der Waals surface area contributed by atoms with Crippen molar-refractivity contribution >= 4 is 55.7 Å². The third-order valence-corrected chi connectivity index (χ3v) is 9.81. The van der Waals surface area contributed by atoms with E-state index in [2.05, 4.69) is 35.6 Å². The predicted molar refractivity (Wildman–Crippen MR) is 182 cm³/mol. The van der Waals surface area contributed by atoms with Crippen LogP contribution in [0.3, 0.4) is 0 Å². The van der Waals surface area contributed by atoms with Crippen molar-refractivity contribution in [3.05, 3.63) is 70.0 Å². The van der Waals surface area contributed by atoms with E-state index in [4.69, 9.17) is 5.73 Å². The van der Waals surface area contributed by atoms with Crippen molar-refractivity contribution in [1.29, 1.82) is 0 Å². The number of hydrogen-bond acceptors (Lipinski definition) is 12. The summed E-state index contributed by atoms with van der Waals surface area (Å²) in [4.78, 5) is 23.6. The predicted octanol–water partition coefficient (Wildman–Crippen LogP) is 4.72. The van der Waals surface area contributed by atoms with E-state index in [1.807, 2.05) is 48.6 Å². The number of aromatic nitrogens is 2. The average Bonchev–Trinajstić information content (AvgIpc) is 3.72. The van der Waals surface area contributed by atoms with Gasteiger partial charge in [0.2, 0.25) is 10.0 Å². The zero-order chi connectivity index (χ0) is 32.1. The van der Waals surface area contributed by atoms with Gasteiger partial charge in [0.05, 0.1) is 21.3 Å². The Bertz CT molecular complexity index is 1630. The number of anilines is 1. The first-order valence-corrected chi connectivity index (χ1v) is 17.9. The van der Waals surface area contributed by atoms with Gasteiger partial charge in [-0.25, -0.2) is 23.1 Å². The van der Waals surface area contributed by atoms with Gasteiger partial charge in [-0.2, -0.15) is 10.2 Å². The number of nitrogens with two attached hydrogens (primary N) is 1. The van der Waals surface area contributed by atoms with Crippen molar-refractivity contribution in [3.8, 4) is 10.7 Å². The minimum Gasteiger partial charge on any atom is -0.378 e. The quantitative estimate of drug-likeness (QED) is 0.0873. The van der Waals surface area contributed by atoms with Crippen LogP contribution in [0.15, 0.2) is 74.4 Å². The van der Waals surface area contributed by atoms with E-state index in [0.29, 0.717) is 47.3 Å². The van der Waals surface area contributed by atoms with Crippen molar-refractivity contribution in [3.63, 3.8) is 0 Å². The maximum absolute atomic E-state index is 12.8. The lowest BCUT2D eigenvalue weighted by atomic mass is 10.3. The van der Waals surface area contributed by atoms with E-state index < -0.39 is 10.0 Å². The molecule has 45 heavy (non-hydrogen) atoms. The van der Waals surface area contributed by atoms with E-state index in [-0.39, 0.29) is 17.3 Å². The van der Waals surface area contributed by atoms with Crippen molar-refractivity contribution in [2.75, 3.05) is 51.7 Å². The minimum atomic E-state index is -3.71. The standard InChI is InChI=1S/C30H39N9O3S3/c1-39(2)24-10-6-22(7-11-24)37-38-23-8-12-25(13-9-23)45(41,42)34-19-14-28-35-27(21-43-28)30-36-26(20-44-30)29(40)33-18-5-17-32-16-4-3-15-31/h6-13,20-21,32,34H,3-5,14-19,31H2,1-2H3,(H,33,40). The summed E-state index contributed by atoms with van der Waals surface area (Å²) < 4.78 is 28.3. The smallest absolute Gasteiger partial charge is 0.270 e. The van der Waals surface area contributed by atoms with Crippen LogP contribution in [0, 0.1) is 0 Å². The van der Waals surface area contributed by atoms with Gasteiger partial charge in [0, 0.05) is 50.1 Å². The maximum atomic E-state index is 12.8. The number of hydrogen-bond donors (Lipinski definition) is 4. The van der Waals surface area contributed by atoms with Gasteiger partial charge in [-0.15, -0.1) is 22.7 Å². The largest absolute Gasteiger partial charge is 0.378 e. The second-order valence-corrected chi connectivity index (χ2v) is 13.8. The van der Waals surface area contributed by atoms with Gasteiger partial charge in [-0.1, -0.05) is 0 Å². The molecule has 15 heteroatoms. The van der Waals surface area contributed by atoms with Crippen molar-refractivity contribution in [2.24, 2.45) is 16.0 Å². The SMILES string of the molecule is CN(C)c1ccc(N=Nc2ccc(S(=O)(=O)NCCc3nc(-c4nc(C(=O)NCCCNCCCCN)cs4)cs3)cc2)cc1. The average molecular weight is 670 g/mol. The van der Waals surface area contributed by atoms with Gasteiger partial charge in [0.15, 0.2) is 0 Å². The first-order chi connectivity index (χ1) is 21.7. The molecule has 0 aliphatic rings. The highest BCUT2D eigenvalue weighted by Gasteiger charge is 2.16. The number of rotatable bonds is 18. The Balaban J connectivity index is 1.21. The third-order valence-electron chi connectivity index (χ3n) is 6.56. The lowest BCUT2D eigenvalue weighted by Crippen LogP contribution is -2.28. The van der Waals surface area contributed by atoms with E-state index in [0.717, 1.165) is 43.0 Å². The number of carbonyl (C=O) groups excluding carboxylic acids is 1. The van der Waals surface area contributed by atoms with Gasteiger partial charge in [0.25, 0.3) is 5.91 Å². The summed E-state index contributed by atoms with van der Waals surface area (Å²) in [5, 5.41) is 19.7. The molecule has 240 valence electrons. The van der Waals surface area contributed by atoms with Gasteiger partial charge in [-0.05, 0) is 87.4 Å². The summed E-state index contributed by atoms with van der Waals surface area (Å²) in [6.07, 6.45) is 3.31. The van der Waals surface area contributed by atoms with Crippen LogP contribution in [0.5, 0.6) is 0 Å². The molecule has 2 heterocycles. The highest BCUT2D eigenvalue weighted by molar-refractivity contribution is 7.89. The van der Waals surface area contributed by atoms with Gasteiger partial charge < -0.3 is 21.3 Å². The number of nitrogens with one attached hydrogen (secondary N) is 3. The van der Waals surface area contributed by atoms with E-state index >= 15 is 0 Å². The second-order valence-electron chi connectivity index (χ2n) is 10.3. The Kier molecular flexibility index (Phi) is 13.1. The molecule has 12 nitrogen and oxygen atoms in total. The highest BCUT2D eigenvalue weighted by Crippen LogP contribution is 2.26. The fourth-order valence-electron chi connectivity index (χ4n) is 4.05. The van der Waals surface area contributed by atoms with E-state index in [1.165, 1.54) is 34.8 Å². The zero-order valence-corrected chi connectivity index (χ0v) is 27.8. The number of carbonyl (C=O) groups is 1. The second kappa shape index (κ2) is 17.2. The molecule has 0 fully saturated rings. The molecule has 4 aromatic rings. The van der Waals surface area contributed by atoms with Crippen LogP contribution in [0.25, 0.3) is 10.7 Å². The Hall–Kier alpha value is -3.60. The summed E-state index contributed by atoms with van der Waals surface area (Å²) in [5.41, 5.74) is 8.83. The molecule has 2 aromatic carbocycles. The van der Waals surface area contributed by atoms with Crippen LogP contribution in [0.2, 0.25) is 0 Å². The fraction of sp³-hybridized carbons (Fsp3) is 0.367. The van der Waals surface area contributed by atoms with Crippen LogP contribution >= 0.6 is 22.7 Å². The van der Waals surface area contributed by atoms with Crippen LogP contribution in [0.1, 0.15) is 34.8 Å². The third kappa shape index (κ3) is 10.8. The zero-order valence-electron chi connectivity index (χ0n) is 25.4. The molecule has 4 rings (SSSR count). The summed E-state index contributed by atoms with van der Waals surface area (Å²) in [5.74, 6) is -0.212. The van der Waals surface area contributed by atoms with Gasteiger partial charge in [-0.3, -0.25) is 4.79 Å². The molecule has 0 radical (unpaired) electrons. The molecule has 0 aliphatic heterocycles.